The van der Waals surface area contributed by atoms with Crippen LogP contribution >= 0.6 is 0 Å². The van der Waals surface area contributed by atoms with Crippen LogP contribution in [0, 0.1) is 0 Å². The van der Waals surface area contributed by atoms with E-state index in [-0.39, 0.29) is 5.76 Å². The third-order valence-electron chi connectivity index (χ3n) is 2.18. The van der Waals surface area contributed by atoms with Crippen molar-refractivity contribution in [3.8, 4) is 0 Å². The number of rotatable bonds is 3. The van der Waals surface area contributed by atoms with E-state index in [1.165, 1.54) is 6.08 Å². The third-order valence-corrected chi connectivity index (χ3v) is 2.18. The molecule has 0 saturated heterocycles. The molecule has 2 nitrogen and oxygen atoms in total. The van der Waals surface area contributed by atoms with Gasteiger partial charge < -0.3 is 10.2 Å². The average Bonchev–Trinajstić information content (AvgIpc) is 2.03. The van der Waals surface area contributed by atoms with E-state index in [2.05, 4.69) is 6.92 Å². The first-order chi connectivity index (χ1) is 5.74. The van der Waals surface area contributed by atoms with Crippen LogP contribution in [0.25, 0.3) is 0 Å². The van der Waals surface area contributed by atoms with Crippen LogP contribution < -0.4 is 0 Å². The van der Waals surface area contributed by atoms with Gasteiger partial charge in [0.2, 0.25) is 0 Å². The van der Waals surface area contributed by atoms with Crippen LogP contribution in [0.2, 0.25) is 0 Å². The SMILES string of the molecule is CCCCC1=C(O)C=C(O)CC1. The molecule has 0 amide bonds. The summed E-state index contributed by atoms with van der Waals surface area (Å²) in [7, 11) is 0. The number of aliphatic hydroxyl groups is 2. The van der Waals surface area contributed by atoms with Gasteiger partial charge in [0, 0.05) is 12.5 Å². The molecule has 2 N–H and O–H groups in total. The van der Waals surface area contributed by atoms with Gasteiger partial charge in [0.1, 0.15) is 5.76 Å². The fourth-order valence-electron chi connectivity index (χ4n) is 1.38. The molecule has 0 radical (unpaired) electrons. The molecule has 0 aromatic carbocycles. The van der Waals surface area contributed by atoms with E-state index < -0.39 is 0 Å². The van der Waals surface area contributed by atoms with Gasteiger partial charge in [-0.1, -0.05) is 13.3 Å². The van der Waals surface area contributed by atoms with E-state index in [0.29, 0.717) is 12.2 Å². The summed E-state index contributed by atoms with van der Waals surface area (Å²) < 4.78 is 0. The Morgan fingerprint density at radius 3 is 2.67 bits per heavy atom. The Bertz CT molecular complexity index is 214. The zero-order valence-corrected chi connectivity index (χ0v) is 7.51. The van der Waals surface area contributed by atoms with Gasteiger partial charge in [-0.25, -0.2) is 0 Å². The van der Waals surface area contributed by atoms with E-state index in [1.54, 1.807) is 0 Å². The Morgan fingerprint density at radius 1 is 1.33 bits per heavy atom. The first-order valence-electron chi connectivity index (χ1n) is 4.54. The zero-order valence-electron chi connectivity index (χ0n) is 7.51. The maximum absolute atomic E-state index is 9.41. The van der Waals surface area contributed by atoms with Crippen molar-refractivity contribution in [3.05, 3.63) is 23.2 Å². The quantitative estimate of drug-likeness (QED) is 0.679. The van der Waals surface area contributed by atoms with Gasteiger partial charge in [-0.2, -0.15) is 0 Å². The van der Waals surface area contributed by atoms with E-state index in [9.17, 15) is 5.11 Å². The van der Waals surface area contributed by atoms with Gasteiger partial charge in [-0.05, 0) is 24.8 Å². The lowest BCUT2D eigenvalue weighted by Gasteiger charge is -2.13. The topological polar surface area (TPSA) is 40.5 Å². The summed E-state index contributed by atoms with van der Waals surface area (Å²) in [4.78, 5) is 0. The molecule has 1 rings (SSSR count). The van der Waals surface area contributed by atoms with Gasteiger partial charge in [0.15, 0.2) is 0 Å². The second-order valence-electron chi connectivity index (χ2n) is 3.23. The second kappa shape index (κ2) is 4.19. The molecule has 0 bridgehead atoms. The molecule has 2 heteroatoms. The van der Waals surface area contributed by atoms with Crippen LogP contribution in [0.15, 0.2) is 23.2 Å². The lowest BCUT2D eigenvalue weighted by atomic mass is 9.97. The van der Waals surface area contributed by atoms with Crippen LogP contribution in [0.4, 0.5) is 0 Å². The zero-order chi connectivity index (χ0) is 8.97. The number of aliphatic hydroxyl groups excluding tert-OH is 2. The fourth-order valence-corrected chi connectivity index (χ4v) is 1.38. The molecule has 0 aromatic heterocycles. The number of unbranched alkanes of at least 4 members (excludes halogenated alkanes) is 1. The average molecular weight is 168 g/mol. The number of hydrogen-bond donors (Lipinski definition) is 2. The monoisotopic (exact) mass is 168 g/mol. The highest BCUT2D eigenvalue weighted by molar-refractivity contribution is 5.25. The van der Waals surface area contributed by atoms with Crippen molar-refractivity contribution in [2.75, 3.05) is 0 Å². The highest BCUT2D eigenvalue weighted by Gasteiger charge is 2.10. The molecule has 12 heavy (non-hydrogen) atoms. The summed E-state index contributed by atoms with van der Waals surface area (Å²) in [5.41, 5.74) is 1.09. The Hall–Kier alpha value is -0.920. The highest BCUT2D eigenvalue weighted by Crippen LogP contribution is 2.24. The molecule has 0 atom stereocenters. The fraction of sp³-hybridized carbons (Fsp3) is 0.600. The maximum Gasteiger partial charge on any atom is 0.118 e. The minimum absolute atomic E-state index is 0.284. The first kappa shape index (κ1) is 9.17. The molecule has 0 spiro atoms. The van der Waals surface area contributed by atoms with Crippen molar-refractivity contribution < 1.29 is 10.2 Å². The highest BCUT2D eigenvalue weighted by atomic mass is 16.3. The van der Waals surface area contributed by atoms with Crippen molar-refractivity contribution in [2.24, 2.45) is 0 Å². The van der Waals surface area contributed by atoms with Crippen LogP contribution in [-0.2, 0) is 0 Å². The Balaban J connectivity index is 2.56. The van der Waals surface area contributed by atoms with E-state index in [0.717, 1.165) is 31.3 Å². The van der Waals surface area contributed by atoms with Gasteiger partial charge >= 0.3 is 0 Å². The maximum atomic E-state index is 9.41. The number of allylic oxidation sites excluding steroid dienone is 3. The van der Waals surface area contributed by atoms with E-state index in [4.69, 9.17) is 5.11 Å². The van der Waals surface area contributed by atoms with E-state index in [1.807, 2.05) is 0 Å². The summed E-state index contributed by atoms with van der Waals surface area (Å²) in [5, 5.41) is 18.5. The van der Waals surface area contributed by atoms with Crippen LogP contribution in [0.3, 0.4) is 0 Å². The minimum atomic E-state index is 0.284. The molecule has 68 valence electrons. The summed E-state index contributed by atoms with van der Waals surface area (Å²) in [6.07, 6.45) is 6.19. The van der Waals surface area contributed by atoms with Crippen LogP contribution in [0.5, 0.6) is 0 Å². The summed E-state index contributed by atoms with van der Waals surface area (Å²) in [5.74, 6) is 0.583. The van der Waals surface area contributed by atoms with Crippen molar-refractivity contribution in [1.82, 2.24) is 0 Å². The summed E-state index contributed by atoms with van der Waals surface area (Å²) >= 11 is 0. The van der Waals surface area contributed by atoms with Gasteiger partial charge in [0.25, 0.3) is 0 Å². The molecule has 0 aliphatic heterocycles. The van der Waals surface area contributed by atoms with Crippen molar-refractivity contribution in [3.63, 3.8) is 0 Å². The molecule has 0 saturated carbocycles. The molecular weight excluding hydrogens is 152 g/mol. The Labute approximate surface area is 73.2 Å². The lowest BCUT2D eigenvalue weighted by molar-refractivity contribution is 0.355. The van der Waals surface area contributed by atoms with Crippen LogP contribution in [0.1, 0.15) is 39.0 Å². The van der Waals surface area contributed by atoms with Gasteiger partial charge in [-0.15, -0.1) is 0 Å². The van der Waals surface area contributed by atoms with Crippen LogP contribution in [-0.4, -0.2) is 10.2 Å². The Kier molecular flexibility index (Phi) is 3.20. The molecule has 1 aliphatic carbocycles. The first-order valence-corrected chi connectivity index (χ1v) is 4.54. The lowest BCUT2D eigenvalue weighted by Crippen LogP contribution is -1.99. The van der Waals surface area contributed by atoms with Gasteiger partial charge in [-0.3, -0.25) is 0 Å². The van der Waals surface area contributed by atoms with Crippen molar-refractivity contribution >= 4 is 0 Å². The third kappa shape index (κ3) is 2.29. The number of hydrogen-bond acceptors (Lipinski definition) is 2. The predicted octanol–water partition coefficient (Wildman–Crippen LogP) is 3.22. The molecule has 0 aromatic rings. The summed E-state index contributed by atoms with van der Waals surface area (Å²) in [6, 6.07) is 0. The standard InChI is InChI=1S/C10H16O2/c1-2-3-4-8-5-6-9(11)7-10(8)12/h7,11-12H,2-6H2,1H3. The van der Waals surface area contributed by atoms with Crippen molar-refractivity contribution in [1.29, 1.82) is 0 Å². The van der Waals surface area contributed by atoms with Crippen molar-refractivity contribution in [2.45, 2.75) is 39.0 Å². The molecule has 0 fully saturated rings. The second-order valence-corrected chi connectivity index (χ2v) is 3.23. The summed E-state index contributed by atoms with van der Waals surface area (Å²) in [6.45, 7) is 2.13. The molecule has 1 aliphatic rings. The largest absolute Gasteiger partial charge is 0.512 e. The van der Waals surface area contributed by atoms with E-state index >= 15 is 0 Å². The predicted molar refractivity (Wildman–Crippen MR) is 49.1 cm³/mol. The minimum Gasteiger partial charge on any atom is -0.512 e. The normalized spacial score (nSPS) is 17.9. The molecule has 0 heterocycles. The Morgan fingerprint density at radius 2 is 2.08 bits per heavy atom. The molecular formula is C10H16O2. The smallest absolute Gasteiger partial charge is 0.118 e. The van der Waals surface area contributed by atoms with Gasteiger partial charge in [0.05, 0.1) is 5.76 Å². The molecule has 0 unspecified atom stereocenters.